The van der Waals surface area contributed by atoms with Crippen molar-refractivity contribution in [1.29, 1.82) is 5.41 Å². The Bertz CT molecular complexity index is 1270. The summed E-state index contributed by atoms with van der Waals surface area (Å²) in [6.45, 7) is 1.77. The van der Waals surface area contributed by atoms with Crippen molar-refractivity contribution in [3.8, 4) is 5.75 Å². The van der Waals surface area contributed by atoms with Crippen molar-refractivity contribution in [2.45, 2.75) is 33.1 Å². The molecular weight excluding hydrogens is 509 g/mol. The highest BCUT2D eigenvalue weighted by Gasteiger charge is 2.21. The Labute approximate surface area is 228 Å². The highest BCUT2D eigenvalue weighted by molar-refractivity contribution is 6.31. The molecule has 8 heteroatoms. The number of nitrogens with one attached hydrogen (secondary N) is 2. The van der Waals surface area contributed by atoms with Gasteiger partial charge in [0.2, 0.25) is 0 Å². The zero-order chi connectivity index (χ0) is 25.7. The number of hydrogen-bond donors (Lipinski definition) is 2. The van der Waals surface area contributed by atoms with Crippen molar-refractivity contribution in [2.75, 3.05) is 25.5 Å². The van der Waals surface area contributed by atoms with E-state index in [2.05, 4.69) is 10.2 Å². The number of Topliss-reactive ketones (excluding diaryl/α,β-unsaturated/α-hetero) is 1. The number of hydrogen-bond acceptors (Lipinski definition) is 4. The van der Waals surface area contributed by atoms with Crippen LogP contribution in [0.1, 0.15) is 58.5 Å². The molecule has 1 saturated heterocycles. The van der Waals surface area contributed by atoms with Crippen molar-refractivity contribution in [3.05, 3.63) is 93.0 Å². The summed E-state index contributed by atoms with van der Waals surface area (Å²) in [5, 5.41) is 12.2. The van der Waals surface area contributed by atoms with E-state index in [0.717, 1.165) is 31.5 Å². The van der Waals surface area contributed by atoms with E-state index in [1.807, 2.05) is 0 Å². The summed E-state index contributed by atoms with van der Waals surface area (Å²) in [5.74, 6) is 0.258. The smallest absolute Gasteiger partial charge is 0.256 e. The highest BCUT2D eigenvalue weighted by Crippen LogP contribution is 2.30. The molecule has 1 fully saturated rings. The van der Waals surface area contributed by atoms with Crippen molar-refractivity contribution in [2.24, 2.45) is 0 Å². The molecule has 1 heterocycles. The SMILES string of the molecule is C.COc1cc(Cl)cc(C(=O)Nc2ccc(Cl)cc2)c1CC(=O)c1ccc(C(=N)N2CCCCC2)cc1. The molecule has 0 atom stereocenters. The van der Waals surface area contributed by atoms with E-state index in [0.29, 0.717) is 38.4 Å². The Balaban J connectivity index is 0.00000380. The molecule has 0 bridgehead atoms. The van der Waals surface area contributed by atoms with Crippen molar-refractivity contribution in [3.63, 3.8) is 0 Å². The molecule has 194 valence electrons. The van der Waals surface area contributed by atoms with E-state index >= 15 is 0 Å². The number of ether oxygens (including phenoxy) is 1. The van der Waals surface area contributed by atoms with Gasteiger partial charge in [0.25, 0.3) is 5.91 Å². The monoisotopic (exact) mass is 539 g/mol. The van der Waals surface area contributed by atoms with Crippen LogP contribution in [-0.2, 0) is 6.42 Å². The molecule has 3 aromatic carbocycles. The average molecular weight is 540 g/mol. The van der Waals surface area contributed by atoms with Crippen molar-refractivity contribution >= 4 is 46.4 Å². The Morgan fingerprint density at radius 2 is 1.54 bits per heavy atom. The number of piperidine rings is 1. The predicted octanol–water partition coefficient (Wildman–Crippen LogP) is 7.13. The van der Waals surface area contributed by atoms with Gasteiger partial charge >= 0.3 is 0 Å². The largest absolute Gasteiger partial charge is 0.496 e. The van der Waals surface area contributed by atoms with Gasteiger partial charge in [-0.15, -0.1) is 0 Å². The lowest BCUT2D eigenvalue weighted by Gasteiger charge is -2.29. The van der Waals surface area contributed by atoms with Crippen LogP contribution in [0.25, 0.3) is 0 Å². The van der Waals surface area contributed by atoms with Crippen LogP contribution in [0.2, 0.25) is 10.0 Å². The second-order valence-electron chi connectivity index (χ2n) is 8.67. The molecule has 1 aliphatic rings. The third-order valence-corrected chi connectivity index (χ3v) is 6.70. The summed E-state index contributed by atoms with van der Waals surface area (Å²) in [7, 11) is 1.47. The minimum atomic E-state index is -0.411. The van der Waals surface area contributed by atoms with Crippen molar-refractivity contribution in [1.82, 2.24) is 4.90 Å². The molecule has 0 unspecified atom stereocenters. The minimum Gasteiger partial charge on any atom is -0.496 e. The Kier molecular flexibility index (Phi) is 9.73. The molecule has 1 amide bonds. The number of rotatable bonds is 7. The molecule has 0 saturated carbocycles. The van der Waals surface area contributed by atoms with Gasteiger partial charge in [0, 0.05) is 57.5 Å². The maximum atomic E-state index is 13.2. The number of carbonyl (C=O) groups is 2. The lowest BCUT2D eigenvalue weighted by molar-refractivity contribution is 0.0991. The molecule has 37 heavy (non-hydrogen) atoms. The molecule has 0 radical (unpaired) electrons. The number of amidine groups is 1. The predicted molar refractivity (Wildman–Crippen MR) is 151 cm³/mol. The molecule has 0 aliphatic carbocycles. The summed E-state index contributed by atoms with van der Waals surface area (Å²) in [5.41, 5.74) is 2.54. The second-order valence-corrected chi connectivity index (χ2v) is 9.54. The quantitative estimate of drug-likeness (QED) is 0.190. The van der Waals surface area contributed by atoms with Crippen LogP contribution < -0.4 is 10.1 Å². The van der Waals surface area contributed by atoms with Crippen LogP contribution in [0.15, 0.2) is 60.7 Å². The highest BCUT2D eigenvalue weighted by atomic mass is 35.5. The number of ketones is 1. The minimum absolute atomic E-state index is 0. The fourth-order valence-corrected chi connectivity index (χ4v) is 4.62. The summed E-state index contributed by atoms with van der Waals surface area (Å²) in [6, 6.07) is 16.9. The van der Waals surface area contributed by atoms with Crippen molar-refractivity contribution < 1.29 is 14.3 Å². The Morgan fingerprint density at radius 1 is 0.919 bits per heavy atom. The van der Waals surface area contributed by atoms with Gasteiger partial charge in [0.1, 0.15) is 11.6 Å². The standard InChI is InChI=1S/C28H27Cl2N3O3.CH4/c1-36-26-16-21(30)15-24(28(35)32-22-11-9-20(29)10-12-22)23(26)17-25(34)18-5-7-19(8-6-18)27(31)33-13-3-2-4-14-33;/h5-12,15-16,31H,2-4,13-14,17H2,1H3,(H,32,35);1H4. The van der Waals surface area contributed by atoms with Gasteiger partial charge in [-0.25, -0.2) is 0 Å². The molecular formula is C29H31Cl2N3O3. The average Bonchev–Trinajstić information content (AvgIpc) is 2.90. The maximum Gasteiger partial charge on any atom is 0.256 e. The van der Waals surface area contributed by atoms with Crippen LogP contribution in [0.3, 0.4) is 0 Å². The Hall–Kier alpha value is -3.35. The number of methoxy groups -OCH3 is 1. The molecule has 4 rings (SSSR count). The number of nitrogens with zero attached hydrogens (tertiary/aromatic N) is 1. The van der Waals surface area contributed by atoms with Gasteiger partial charge in [-0.2, -0.15) is 0 Å². The van der Waals surface area contributed by atoms with E-state index in [-0.39, 0.29) is 25.2 Å². The first-order chi connectivity index (χ1) is 17.4. The van der Waals surface area contributed by atoms with E-state index in [1.54, 1.807) is 54.6 Å². The summed E-state index contributed by atoms with van der Waals surface area (Å²) in [6.07, 6.45) is 3.34. The topological polar surface area (TPSA) is 82.5 Å². The third-order valence-electron chi connectivity index (χ3n) is 6.23. The van der Waals surface area contributed by atoms with Gasteiger partial charge in [-0.3, -0.25) is 15.0 Å². The number of benzene rings is 3. The molecule has 6 nitrogen and oxygen atoms in total. The first kappa shape index (κ1) is 28.2. The van der Waals surface area contributed by atoms with Crippen LogP contribution in [-0.4, -0.2) is 42.6 Å². The van der Waals surface area contributed by atoms with Crippen LogP contribution in [0, 0.1) is 5.41 Å². The summed E-state index contributed by atoms with van der Waals surface area (Å²) in [4.78, 5) is 28.4. The number of carbonyl (C=O) groups excluding carboxylic acids is 2. The lowest BCUT2D eigenvalue weighted by atomic mass is 9.96. The third kappa shape index (κ3) is 6.90. The van der Waals surface area contributed by atoms with Gasteiger partial charge in [0.15, 0.2) is 5.78 Å². The fraction of sp³-hybridized carbons (Fsp3) is 0.276. The number of anilines is 1. The Morgan fingerprint density at radius 3 is 2.16 bits per heavy atom. The van der Waals surface area contributed by atoms with E-state index in [1.165, 1.54) is 19.6 Å². The van der Waals surface area contributed by atoms with Gasteiger partial charge < -0.3 is 15.0 Å². The second kappa shape index (κ2) is 12.7. The number of halogens is 2. The molecule has 3 aromatic rings. The van der Waals surface area contributed by atoms with E-state index < -0.39 is 5.91 Å². The van der Waals surface area contributed by atoms with Crippen LogP contribution >= 0.6 is 23.2 Å². The first-order valence-electron chi connectivity index (χ1n) is 11.8. The fourth-order valence-electron chi connectivity index (χ4n) is 4.29. The zero-order valence-electron chi connectivity index (χ0n) is 19.9. The first-order valence-corrected chi connectivity index (χ1v) is 12.5. The normalized spacial score (nSPS) is 12.9. The van der Waals surface area contributed by atoms with E-state index in [9.17, 15) is 9.59 Å². The molecule has 0 aromatic heterocycles. The van der Waals surface area contributed by atoms with Gasteiger partial charge in [-0.05, 0) is 55.7 Å². The van der Waals surface area contributed by atoms with E-state index in [4.69, 9.17) is 33.3 Å². The number of amides is 1. The molecule has 2 N–H and O–H groups in total. The maximum absolute atomic E-state index is 13.2. The molecule has 1 aliphatic heterocycles. The van der Waals surface area contributed by atoms with Gasteiger partial charge in [-0.1, -0.05) is 54.9 Å². The van der Waals surface area contributed by atoms with Crippen LogP contribution in [0.5, 0.6) is 5.75 Å². The summed E-state index contributed by atoms with van der Waals surface area (Å²) < 4.78 is 5.47. The molecule has 0 spiro atoms. The number of likely N-dealkylation sites (tertiary alicyclic amines) is 1. The van der Waals surface area contributed by atoms with Gasteiger partial charge in [0.05, 0.1) is 7.11 Å². The lowest BCUT2D eigenvalue weighted by Crippen LogP contribution is -2.35. The summed E-state index contributed by atoms with van der Waals surface area (Å²) >= 11 is 12.2. The zero-order valence-corrected chi connectivity index (χ0v) is 21.5. The van der Waals surface area contributed by atoms with Crippen LogP contribution in [0.4, 0.5) is 5.69 Å².